The normalized spacial score (nSPS) is 16.3. The van der Waals surface area contributed by atoms with E-state index in [9.17, 15) is 0 Å². The van der Waals surface area contributed by atoms with Crippen molar-refractivity contribution >= 4 is 11.3 Å². The molecule has 2 N–H and O–H groups in total. The minimum atomic E-state index is -0.409. The van der Waals surface area contributed by atoms with Crippen molar-refractivity contribution in [3.8, 4) is 0 Å². The van der Waals surface area contributed by atoms with Gasteiger partial charge >= 0.3 is 0 Å². The molecule has 0 radical (unpaired) electrons. The molecule has 0 saturated carbocycles. The number of hydrogen-bond donors (Lipinski definition) is 1. The van der Waals surface area contributed by atoms with Gasteiger partial charge in [0.2, 0.25) is 0 Å². The molecule has 0 aliphatic rings. The zero-order chi connectivity index (χ0) is 8.32. The minimum absolute atomic E-state index is 0.409. The van der Waals surface area contributed by atoms with Crippen molar-refractivity contribution < 1.29 is 4.74 Å². The summed E-state index contributed by atoms with van der Waals surface area (Å²) in [5.41, 5.74) is 5.14. The lowest BCUT2D eigenvalue weighted by atomic mass is 10.1. The first-order valence-corrected chi connectivity index (χ1v) is 4.26. The molecule has 0 amide bonds. The highest BCUT2D eigenvalue weighted by atomic mass is 32.1. The maximum absolute atomic E-state index is 5.55. The van der Waals surface area contributed by atoms with E-state index in [-0.39, 0.29) is 0 Å². The van der Waals surface area contributed by atoms with Crippen LogP contribution in [0.5, 0.6) is 0 Å². The van der Waals surface area contributed by atoms with Crippen molar-refractivity contribution in [1.82, 2.24) is 4.98 Å². The highest BCUT2D eigenvalue weighted by Crippen LogP contribution is 2.24. The molecular weight excluding hydrogens is 160 g/mol. The molecule has 62 valence electrons. The van der Waals surface area contributed by atoms with Gasteiger partial charge in [0.15, 0.2) is 0 Å². The molecule has 0 spiro atoms. The van der Waals surface area contributed by atoms with Crippen LogP contribution in [-0.4, -0.2) is 18.6 Å². The van der Waals surface area contributed by atoms with E-state index < -0.39 is 5.60 Å². The monoisotopic (exact) mass is 172 g/mol. The van der Waals surface area contributed by atoms with Crippen LogP contribution in [0.1, 0.15) is 11.9 Å². The number of thiazole rings is 1. The van der Waals surface area contributed by atoms with Crippen LogP contribution in [0.25, 0.3) is 0 Å². The molecule has 1 unspecified atom stereocenters. The number of nitrogens with two attached hydrogens (primary N) is 1. The second-order valence-corrected chi connectivity index (χ2v) is 3.37. The van der Waals surface area contributed by atoms with Crippen LogP contribution in [0, 0.1) is 0 Å². The van der Waals surface area contributed by atoms with Gasteiger partial charge in [-0.25, -0.2) is 4.98 Å². The molecule has 1 aromatic heterocycles. The lowest BCUT2D eigenvalue weighted by Gasteiger charge is -2.23. The lowest BCUT2D eigenvalue weighted by molar-refractivity contribution is 0.00990. The molecule has 1 aromatic rings. The molecule has 11 heavy (non-hydrogen) atoms. The zero-order valence-electron chi connectivity index (χ0n) is 6.70. The molecule has 4 heteroatoms. The number of aromatic nitrogens is 1. The Bertz CT molecular complexity index is 206. The van der Waals surface area contributed by atoms with E-state index in [0.29, 0.717) is 6.54 Å². The van der Waals surface area contributed by atoms with Gasteiger partial charge in [-0.1, -0.05) is 0 Å². The van der Waals surface area contributed by atoms with Crippen molar-refractivity contribution in [3.63, 3.8) is 0 Å². The van der Waals surface area contributed by atoms with Gasteiger partial charge in [-0.05, 0) is 6.92 Å². The Labute approximate surface area is 70.2 Å². The summed E-state index contributed by atoms with van der Waals surface area (Å²) in [4.78, 5) is 4.14. The predicted molar refractivity (Wildman–Crippen MR) is 45.5 cm³/mol. The van der Waals surface area contributed by atoms with Crippen LogP contribution in [0.3, 0.4) is 0 Å². The van der Waals surface area contributed by atoms with E-state index in [2.05, 4.69) is 4.98 Å². The fraction of sp³-hybridized carbons (Fsp3) is 0.571. The van der Waals surface area contributed by atoms with E-state index in [1.54, 1.807) is 24.6 Å². The zero-order valence-corrected chi connectivity index (χ0v) is 7.52. The van der Waals surface area contributed by atoms with Crippen LogP contribution in [0.2, 0.25) is 0 Å². The SMILES string of the molecule is COC(C)(CN)c1nccs1. The van der Waals surface area contributed by atoms with Crippen molar-refractivity contribution in [2.75, 3.05) is 13.7 Å². The Morgan fingerprint density at radius 2 is 2.55 bits per heavy atom. The smallest absolute Gasteiger partial charge is 0.128 e. The van der Waals surface area contributed by atoms with Gasteiger partial charge in [0.1, 0.15) is 10.6 Å². The van der Waals surface area contributed by atoms with E-state index >= 15 is 0 Å². The summed E-state index contributed by atoms with van der Waals surface area (Å²) in [5, 5.41) is 2.85. The molecule has 0 aromatic carbocycles. The maximum atomic E-state index is 5.55. The first-order valence-electron chi connectivity index (χ1n) is 3.38. The lowest BCUT2D eigenvalue weighted by Crippen LogP contribution is -2.33. The first kappa shape index (κ1) is 8.64. The summed E-state index contributed by atoms with van der Waals surface area (Å²) in [5.74, 6) is 0. The number of ether oxygens (including phenoxy) is 1. The van der Waals surface area contributed by atoms with Crippen molar-refractivity contribution in [3.05, 3.63) is 16.6 Å². The average molecular weight is 172 g/mol. The Kier molecular flexibility index (Phi) is 2.59. The molecule has 1 atom stereocenters. The summed E-state index contributed by atoms with van der Waals surface area (Å²) in [6.07, 6.45) is 1.76. The van der Waals surface area contributed by atoms with Gasteiger partial charge in [-0.15, -0.1) is 11.3 Å². The molecule has 1 rings (SSSR count). The third-order valence-corrected chi connectivity index (χ3v) is 2.74. The molecule has 0 aliphatic heterocycles. The van der Waals surface area contributed by atoms with Gasteiger partial charge < -0.3 is 10.5 Å². The standard InChI is InChI=1S/C7H12N2OS/c1-7(5-8,10-2)6-9-3-4-11-6/h3-4H,5,8H2,1-2H3. The van der Waals surface area contributed by atoms with Crippen molar-refractivity contribution in [2.45, 2.75) is 12.5 Å². The predicted octanol–water partition coefficient (Wildman–Crippen LogP) is 0.963. The molecule has 3 nitrogen and oxygen atoms in total. The largest absolute Gasteiger partial charge is 0.370 e. The Morgan fingerprint density at radius 3 is 2.91 bits per heavy atom. The topological polar surface area (TPSA) is 48.1 Å². The number of rotatable bonds is 3. The third kappa shape index (κ3) is 1.58. The van der Waals surface area contributed by atoms with Gasteiger partial charge in [0, 0.05) is 25.2 Å². The van der Waals surface area contributed by atoms with Crippen molar-refractivity contribution in [1.29, 1.82) is 0 Å². The van der Waals surface area contributed by atoms with Gasteiger partial charge in [-0.2, -0.15) is 0 Å². The second-order valence-electron chi connectivity index (χ2n) is 2.48. The van der Waals surface area contributed by atoms with E-state index in [1.807, 2.05) is 12.3 Å². The van der Waals surface area contributed by atoms with Gasteiger partial charge in [0.25, 0.3) is 0 Å². The molecule has 0 aliphatic carbocycles. The number of nitrogens with zero attached hydrogens (tertiary/aromatic N) is 1. The second kappa shape index (κ2) is 3.30. The number of hydrogen-bond acceptors (Lipinski definition) is 4. The third-order valence-electron chi connectivity index (χ3n) is 1.72. The fourth-order valence-electron chi connectivity index (χ4n) is 0.743. The minimum Gasteiger partial charge on any atom is -0.370 e. The average Bonchev–Trinajstić information content (AvgIpc) is 2.55. The van der Waals surface area contributed by atoms with Crippen LogP contribution >= 0.6 is 11.3 Å². The van der Waals surface area contributed by atoms with Crippen LogP contribution < -0.4 is 5.73 Å². The molecule has 0 saturated heterocycles. The first-order chi connectivity index (χ1) is 5.23. The van der Waals surface area contributed by atoms with Crippen LogP contribution in [0.15, 0.2) is 11.6 Å². The Hall–Kier alpha value is -0.450. The Morgan fingerprint density at radius 1 is 1.82 bits per heavy atom. The van der Waals surface area contributed by atoms with Crippen molar-refractivity contribution in [2.24, 2.45) is 5.73 Å². The van der Waals surface area contributed by atoms with Crippen LogP contribution in [0.4, 0.5) is 0 Å². The summed E-state index contributed by atoms with van der Waals surface area (Å²) in [6, 6.07) is 0. The van der Waals surface area contributed by atoms with E-state index in [4.69, 9.17) is 10.5 Å². The number of methoxy groups -OCH3 is 1. The van der Waals surface area contributed by atoms with E-state index in [1.165, 1.54) is 0 Å². The van der Waals surface area contributed by atoms with Gasteiger partial charge in [-0.3, -0.25) is 0 Å². The highest BCUT2D eigenvalue weighted by Gasteiger charge is 2.26. The van der Waals surface area contributed by atoms with Gasteiger partial charge in [0.05, 0.1) is 0 Å². The summed E-state index contributed by atoms with van der Waals surface area (Å²) >= 11 is 1.56. The molecular formula is C7H12N2OS. The molecule has 0 fully saturated rings. The summed E-state index contributed by atoms with van der Waals surface area (Å²) in [6.45, 7) is 2.39. The fourth-order valence-corrected chi connectivity index (χ4v) is 1.53. The molecule has 0 bridgehead atoms. The quantitative estimate of drug-likeness (QED) is 0.739. The summed E-state index contributed by atoms with van der Waals surface area (Å²) in [7, 11) is 1.65. The maximum Gasteiger partial charge on any atom is 0.128 e. The summed E-state index contributed by atoms with van der Waals surface area (Å²) < 4.78 is 5.25. The highest BCUT2D eigenvalue weighted by molar-refractivity contribution is 7.09. The Balaban J connectivity index is 2.87. The van der Waals surface area contributed by atoms with Crippen LogP contribution in [-0.2, 0) is 10.3 Å². The van der Waals surface area contributed by atoms with E-state index in [0.717, 1.165) is 5.01 Å². The molecule has 1 heterocycles.